The number of thiophene rings is 1. The van der Waals surface area contributed by atoms with E-state index in [0.717, 1.165) is 105 Å². The van der Waals surface area contributed by atoms with E-state index in [-0.39, 0.29) is 6.04 Å². The van der Waals surface area contributed by atoms with E-state index in [1.54, 1.807) is 11.3 Å². The lowest BCUT2D eigenvalue weighted by Gasteiger charge is -2.39. The Morgan fingerprint density at radius 3 is 2.75 bits per heavy atom. The molecule has 230 valence electrons. The Morgan fingerprint density at radius 1 is 1.16 bits per heavy atom. The minimum absolute atomic E-state index is 0.131. The maximum Gasteiger partial charge on any atom is 0.186 e. The van der Waals surface area contributed by atoms with Crippen LogP contribution in [-0.4, -0.2) is 73.7 Å². The molecule has 6 heterocycles. The summed E-state index contributed by atoms with van der Waals surface area (Å²) in [5.74, 6) is 2.17. The number of hydrogen-bond acceptors (Lipinski definition) is 11. The molecule has 4 aliphatic rings. The van der Waals surface area contributed by atoms with Crippen LogP contribution in [-0.2, 0) is 18.3 Å². The minimum Gasteiger partial charge on any atom is -0.391 e. The number of β-amino-alcohol motifs (C(OH)–C–C–N with tert-alkyl or cyclic N) is 1. The molecule has 0 radical (unpaired) electrons. The average molecular weight is 614 g/mol. The zero-order valence-corrected chi connectivity index (χ0v) is 26.2. The number of hydrogen-bond donors (Lipinski definition) is 2. The van der Waals surface area contributed by atoms with Crippen LogP contribution in [0.4, 0.5) is 10.8 Å². The van der Waals surface area contributed by atoms with Gasteiger partial charge in [-0.15, -0.1) is 11.3 Å². The van der Waals surface area contributed by atoms with Crippen LogP contribution in [0.15, 0.2) is 10.7 Å². The zero-order chi connectivity index (χ0) is 30.2. The van der Waals surface area contributed by atoms with E-state index in [9.17, 15) is 10.4 Å². The number of aromatic nitrogens is 5. The largest absolute Gasteiger partial charge is 0.391 e. The first kappa shape index (κ1) is 28.0. The summed E-state index contributed by atoms with van der Waals surface area (Å²) in [5.41, 5.74) is 10.1. The average Bonchev–Trinajstić information content (AvgIpc) is 3.81. The molecule has 4 unspecified atom stereocenters. The van der Waals surface area contributed by atoms with Gasteiger partial charge in [-0.05, 0) is 90.3 Å². The van der Waals surface area contributed by atoms with Gasteiger partial charge in [0, 0.05) is 29.6 Å². The predicted octanol–water partition coefficient (Wildman–Crippen LogP) is 4.57. The summed E-state index contributed by atoms with van der Waals surface area (Å²) in [7, 11) is 2.19. The Balaban J connectivity index is 1.29. The van der Waals surface area contributed by atoms with Crippen LogP contribution in [0.5, 0.6) is 0 Å². The van der Waals surface area contributed by atoms with Crippen molar-refractivity contribution in [1.29, 1.82) is 5.26 Å². The number of nitrogen functional groups attached to an aromatic ring is 1. The van der Waals surface area contributed by atoms with Gasteiger partial charge in [0.05, 0.1) is 34.7 Å². The zero-order valence-electron chi connectivity index (χ0n) is 25.4. The Morgan fingerprint density at radius 2 is 1.98 bits per heavy atom. The van der Waals surface area contributed by atoms with Gasteiger partial charge in [-0.1, -0.05) is 5.16 Å². The first-order valence-corrected chi connectivity index (χ1v) is 16.9. The fraction of sp³-hybridized carbons (Fsp3) is 0.594. The van der Waals surface area contributed by atoms with Crippen molar-refractivity contribution in [2.45, 2.75) is 94.7 Å². The van der Waals surface area contributed by atoms with Crippen molar-refractivity contribution in [3.8, 4) is 17.6 Å². The molecular weight excluding hydrogens is 574 g/mol. The van der Waals surface area contributed by atoms with Crippen LogP contribution in [0.2, 0.25) is 0 Å². The molecule has 0 aromatic carbocycles. The highest BCUT2D eigenvalue weighted by molar-refractivity contribution is 7.16. The van der Waals surface area contributed by atoms with Crippen molar-refractivity contribution in [3.63, 3.8) is 0 Å². The van der Waals surface area contributed by atoms with Gasteiger partial charge < -0.3 is 25.2 Å². The molecular formula is C32H39N9O2S. The number of nitrogens with two attached hydrogens (primary N) is 1. The summed E-state index contributed by atoms with van der Waals surface area (Å²) in [6.07, 6.45) is 11.0. The van der Waals surface area contributed by atoms with Crippen LogP contribution in [0, 0.1) is 11.3 Å². The second-order valence-corrected chi connectivity index (χ2v) is 14.4. The lowest BCUT2D eigenvalue weighted by atomic mass is 9.63. The second kappa shape index (κ2) is 10.5. The molecule has 4 aromatic rings. The van der Waals surface area contributed by atoms with E-state index in [4.69, 9.17) is 30.5 Å². The van der Waals surface area contributed by atoms with Gasteiger partial charge in [-0.25, -0.2) is 14.6 Å². The van der Waals surface area contributed by atoms with E-state index in [0.29, 0.717) is 34.7 Å². The Labute approximate surface area is 260 Å². The van der Waals surface area contributed by atoms with E-state index in [1.165, 1.54) is 11.3 Å². The monoisotopic (exact) mass is 613 g/mol. The standard InChI is InChI=1S/C32H39N9O2S/c1-18(23-9-6-13-39(23)2)41-31-22(16-35-41)30(40-14-5-7-19(42)17-40)36-29(37-31)26-20-8-3-11-32(27(20)43-38-26)12-4-10-24-25(32)21(15-33)28(34)44-24/h16,18-19,23,42H,3-14,17,34H2,1-2H3. The van der Waals surface area contributed by atoms with Crippen molar-refractivity contribution in [2.24, 2.45) is 0 Å². The van der Waals surface area contributed by atoms with Crippen LogP contribution in [0.3, 0.4) is 0 Å². The summed E-state index contributed by atoms with van der Waals surface area (Å²) in [6.45, 7) is 4.65. The number of rotatable bonds is 4. The number of likely N-dealkylation sites (N-methyl/N-ethyl adjacent to an activating group) is 1. The summed E-state index contributed by atoms with van der Waals surface area (Å²) >= 11 is 1.55. The molecule has 1 spiro atoms. The lowest BCUT2D eigenvalue weighted by molar-refractivity contribution is 0.154. The highest BCUT2D eigenvalue weighted by Gasteiger charge is 2.49. The fourth-order valence-electron chi connectivity index (χ4n) is 8.63. The molecule has 2 saturated heterocycles. The molecule has 2 aliphatic heterocycles. The quantitative estimate of drug-likeness (QED) is 0.336. The Hall–Kier alpha value is -3.53. The first-order valence-electron chi connectivity index (χ1n) is 16.1. The number of likely N-dealkylation sites (tertiary alicyclic amines) is 1. The number of aliphatic hydroxyl groups excluding tert-OH is 1. The molecule has 8 rings (SSSR count). The van der Waals surface area contributed by atoms with Crippen LogP contribution in [0.25, 0.3) is 22.6 Å². The maximum atomic E-state index is 10.6. The summed E-state index contributed by atoms with van der Waals surface area (Å²) in [4.78, 5) is 16.1. The number of aliphatic hydroxyl groups is 1. The molecule has 2 aliphatic carbocycles. The van der Waals surface area contributed by atoms with Crippen molar-refractivity contribution in [3.05, 3.63) is 33.5 Å². The third-order valence-electron chi connectivity index (χ3n) is 10.7. The van der Waals surface area contributed by atoms with Crippen molar-refractivity contribution in [1.82, 2.24) is 29.8 Å². The van der Waals surface area contributed by atoms with Gasteiger partial charge in [-0.3, -0.25) is 0 Å². The van der Waals surface area contributed by atoms with Gasteiger partial charge >= 0.3 is 0 Å². The van der Waals surface area contributed by atoms with Gasteiger partial charge in [0.2, 0.25) is 0 Å². The summed E-state index contributed by atoms with van der Waals surface area (Å²) in [5, 5.41) is 31.8. The predicted molar refractivity (Wildman–Crippen MR) is 169 cm³/mol. The maximum absolute atomic E-state index is 10.6. The number of anilines is 2. The molecule has 4 atom stereocenters. The minimum atomic E-state index is -0.404. The molecule has 0 saturated carbocycles. The number of piperidine rings is 1. The molecule has 2 fully saturated rings. The van der Waals surface area contributed by atoms with Crippen LogP contribution in [0.1, 0.15) is 91.7 Å². The molecule has 4 aromatic heterocycles. The summed E-state index contributed by atoms with van der Waals surface area (Å²) < 4.78 is 8.37. The van der Waals surface area contributed by atoms with Gasteiger partial charge in [0.25, 0.3) is 0 Å². The van der Waals surface area contributed by atoms with Gasteiger partial charge in [0.1, 0.15) is 16.9 Å². The second-order valence-electron chi connectivity index (χ2n) is 13.2. The molecule has 0 bridgehead atoms. The van der Waals surface area contributed by atoms with Crippen LogP contribution >= 0.6 is 11.3 Å². The number of nitrogens with zero attached hydrogens (tertiary/aromatic N) is 8. The van der Waals surface area contributed by atoms with Gasteiger partial charge in [-0.2, -0.15) is 10.4 Å². The molecule has 3 N–H and O–H groups in total. The fourth-order valence-corrected chi connectivity index (χ4v) is 9.79. The van der Waals surface area contributed by atoms with E-state index < -0.39 is 11.5 Å². The normalized spacial score (nSPS) is 26.2. The van der Waals surface area contributed by atoms with Crippen molar-refractivity contribution >= 4 is 33.2 Å². The van der Waals surface area contributed by atoms with Crippen molar-refractivity contribution in [2.75, 3.05) is 37.3 Å². The SMILES string of the molecule is CC(C1CCCN1C)n1ncc2c(N3CCCC(O)C3)nc(-c3noc4c3CCCC43CCCc4sc(N)c(C#N)c43)nc21. The Bertz CT molecular complexity index is 1780. The topological polar surface area (TPSA) is 146 Å². The third-order valence-corrected chi connectivity index (χ3v) is 11.8. The number of nitriles is 1. The van der Waals surface area contributed by atoms with Gasteiger partial charge in [0.15, 0.2) is 22.9 Å². The highest BCUT2D eigenvalue weighted by Crippen LogP contribution is 2.55. The lowest BCUT2D eigenvalue weighted by Crippen LogP contribution is -2.39. The van der Waals surface area contributed by atoms with Crippen LogP contribution < -0.4 is 10.6 Å². The van der Waals surface area contributed by atoms with E-state index in [1.807, 2.05) is 6.20 Å². The summed E-state index contributed by atoms with van der Waals surface area (Å²) in [6, 6.07) is 2.92. The van der Waals surface area contributed by atoms with E-state index >= 15 is 0 Å². The third kappa shape index (κ3) is 4.12. The molecule has 44 heavy (non-hydrogen) atoms. The number of fused-ring (bicyclic) bond motifs is 5. The van der Waals surface area contributed by atoms with Crippen molar-refractivity contribution < 1.29 is 9.63 Å². The highest BCUT2D eigenvalue weighted by atomic mass is 32.1. The molecule has 11 nitrogen and oxygen atoms in total. The van der Waals surface area contributed by atoms with E-state index in [2.05, 4.69) is 34.5 Å². The Kier molecular flexibility index (Phi) is 6.70. The number of aryl methyl sites for hydroxylation is 1. The first-order chi connectivity index (χ1) is 21.4. The molecule has 0 amide bonds. The smallest absolute Gasteiger partial charge is 0.186 e. The molecule has 12 heteroatoms.